The second-order valence-electron chi connectivity index (χ2n) is 3.76. The Bertz CT molecular complexity index is 342. The Morgan fingerprint density at radius 2 is 2.22 bits per heavy atom. The molecule has 0 atom stereocenters. The molecule has 1 aromatic rings. The molecule has 0 fully saturated rings. The van der Waals surface area contributed by atoms with Crippen LogP contribution in [0.2, 0.25) is 0 Å². The summed E-state index contributed by atoms with van der Waals surface area (Å²) >= 11 is 0. The molecule has 2 N–H and O–H groups in total. The smallest absolute Gasteiger partial charge is 0.120 e. The van der Waals surface area contributed by atoms with Gasteiger partial charge in [-0.1, -0.05) is 24.8 Å². The molecule has 0 unspecified atom stereocenters. The minimum Gasteiger partial charge on any atom is -0.490 e. The minimum atomic E-state index is 0.0721. The Labute approximate surface area is 108 Å². The molecule has 0 radical (unpaired) electrons. The van der Waals surface area contributed by atoms with Crippen molar-refractivity contribution in [3.63, 3.8) is 0 Å². The van der Waals surface area contributed by atoms with Crippen LogP contribution in [0.5, 0.6) is 5.75 Å². The number of hydrogen-bond acceptors (Lipinski definition) is 4. The fraction of sp³-hybridized carbons (Fsp3) is 0.429. The first kappa shape index (κ1) is 14.7. The minimum absolute atomic E-state index is 0.0721. The number of rotatable bonds is 10. The summed E-state index contributed by atoms with van der Waals surface area (Å²) in [6.45, 7) is 6.74. The van der Waals surface area contributed by atoms with Crippen molar-refractivity contribution in [2.24, 2.45) is 0 Å². The molecule has 0 bridgehead atoms. The van der Waals surface area contributed by atoms with Gasteiger partial charge in [-0.2, -0.15) is 0 Å². The van der Waals surface area contributed by atoms with Crippen LogP contribution in [0.1, 0.15) is 5.56 Å². The lowest BCUT2D eigenvalue weighted by Crippen LogP contribution is -2.20. The molecule has 0 amide bonds. The third-order valence-corrected chi connectivity index (χ3v) is 2.25. The summed E-state index contributed by atoms with van der Waals surface area (Å²) in [4.78, 5) is 0. The molecule has 0 saturated heterocycles. The standard InChI is InChI=1S/C14H21NO3/c1-2-8-18-14-5-3-4-13(11-14)12-15-6-9-17-10-7-16/h2-5,11,15-16H,1,6-10,12H2. The topological polar surface area (TPSA) is 50.7 Å². The van der Waals surface area contributed by atoms with Crippen LogP contribution in [-0.4, -0.2) is 38.1 Å². The zero-order valence-electron chi connectivity index (χ0n) is 10.6. The molecule has 0 spiro atoms. The van der Waals surface area contributed by atoms with Crippen molar-refractivity contribution in [2.75, 3.05) is 33.0 Å². The maximum atomic E-state index is 8.54. The Morgan fingerprint density at radius 3 is 3.00 bits per heavy atom. The lowest BCUT2D eigenvalue weighted by Gasteiger charge is -2.08. The van der Waals surface area contributed by atoms with Crippen molar-refractivity contribution >= 4 is 0 Å². The Hall–Kier alpha value is -1.36. The highest BCUT2D eigenvalue weighted by atomic mass is 16.5. The van der Waals surface area contributed by atoms with E-state index in [0.29, 0.717) is 19.8 Å². The first-order chi connectivity index (χ1) is 8.86. The van der Waals surface area contributed by atoms with E-state index in [-0.39, 0.29) is 6.61 Å². The van der Waals surface area contributed by atoms with Gasteiger partial charge in [-0.15, -0.1) is 0 Å². The van der Waals surface area contributed by atoms with Gasteiger partial charge in [-0.3, -0.25) is 0 Å². The lowest BCUT2D eigenvalue weighted by atomic mass is 10.2. The highest BCUT2D eigenvalue weighted by molar-refractivity contribution is 5.28. The van der Waals surface area contributed by atoms with Crippen molar-refractivity contribution in [2.45, 2.75) is 6.54 Å². The van der Waals surface area contributed by atoms with E-state index in [4.69, 9.17) is 14.6 Å². The van der Waals surface area contributed by atoms with E-state index >= 15 is 0 Å². The van der Waals surface area contributed by atoms with Gasteiger partial charge >= 0.3 is 0 Å². The summed E-state index contributed by atoms with van der Waals surface area (Å²) in [5.74, 6) is 0.853. The highest BCUT2D eigenvalue weighted by Gasteiger charge is 1.96. The van der Waals surface area contributed by atoms with Gasteiger partial charge in [0.05, 0.1) is 19.8 Å². The van der Waals surface area contributed by atoms with Crippen molar-refractivity contribution < 1.29 is 14.6 Å². The van der Waals surface area contributed by atoms with Gasteiger partial charge in [-0.05, 0) is 17.7 Å². The predicted octanol–water partition coefficient (Wildman–Crippen LogP) is 1.35. The Morgan fingerprint density at radius 1 is 1.33 bits per heavy atom. The molecule has 0 heterocycles. The molecule has 0 aromatic heterocycles. The van der Waals surface area contributed by atoms with Gasteiger partial charge in [0.15, 0.2) is 0 Å². The molecule has 0 aliphatic carbocycles. The van der Waals surface area contributed by atoms with Crippen LogP contribution in [0.3, 0.4) is 0 Å². The first-order valence-corrected chi connectivity index (χ1v) is 6.08. The van der Waals surface area contributed by atoms with Crippen molar-refractivity contribution in [1.82, 2.24) is 5.32 Å². The van der Waals surface area contributed by atoms with Crippen LogP contribution in [0.25, 0.3) is 0 Å². The normalized spacial score (nSPS) is 10.3. The fourth-order valence-electron chi connectivity index (χ4n) is 1.44. The van der Waals surface area contributed by atoms with Gasteiger partial charge in [0.1, 0.15) is 12.4 Å². The maximum Gasteiger partial charge on any atom is 0.120 e. The van der Waals surface area contributed by atoms with E-state index in [1.54, 1.807) is 6.08 Å². The van der Waals surface area contributed by atoms with E-state index < -0.39 is 0 Å². The Balaban J connectivity index is 2.22. The lowest BCUT2D eigenvalue weighted by molar-refractivity contribution is 0.0938. The Kier molecular flexibility index (Phi) is 7.88. The summed E-state index contributed by atoms with van der Waals surface area (Å²) in [5.41, 5.74) is 1.17. The maximum absolute atomic E-state index is 8.54. The van der Waals surface area contributed by atoms with Crippen molar-refractivity contribution in [3.05, 3.63) is 42.5 Å². The highest BCUT2D eigenvalue weighted by Crippen LogP contribution is 2.12. The zero-order chi connectivity index (χ0) is 13.1. The molecule has 18 heavy (non-hydrogen) atoms. The number of nitrogens with one attached hydrogen (secondary N) is 1. The number of ether oxygens (including phenoxy) is 2. The van der Waals surface area contributed by atoms with Crippen LogP contribution >= 0.6 is 0 Å². The first-order valence-electron chi connectivity index (χ1n) is 6.08. The van der Waals surface area contributed by atoms with Gasteiger partial charge in [0.2, 0.25) is 0 Å². The van der Waals surface area contributed by atoms with Crippen LogP contribution in [-0.2, 0) is 11.3 Å². The van der Waals surface area contributed by atoms with Gasteiger partial charge in [0, 0.05) is 13.1 Å². The van der Waals surface area contributed by atoms with Gasteiger partial charge < -0.3 is 19.9 Å². The predicted molar refractivity (Wildman–Crippen MR) is 71.7 cm³/mol. The summed E-state index contributed by atoms with van der Waals surface area (Å²) in [6.07, 6.45) is 1.73. The van der Waals surface area contributed by atoms with E-state index in [0.717, 1.165) is 18.8 Å². The molecular formula is C14H21NO3. The molecule has 0 aliphatic rings. The largest absolute Gasteiger partial charge is 0.490 e. The second kappa shape index (κ2) is 9.65. The van der Waals surface area contributed by atoms with E-state index in [9.17, 15) is 0 Å². The number of hydrogen-bond donors (Lipinski definition) is 2. The van der Waals surface area contributed by atoms with Crippen LogP contribution in [0.4, 0.5) is 0 Å². The molecule has 0 aliphatic heterocycles. The van der Waals surface area contributed by atoms with Gasteiger partial charge in [-0.25, -0.2) is 0 Å². The van der Waals surface area contributed by atoms with E-state index in [2.05, 4.69) is 11.9 Å². The quantitative estimate of drug-likeness (QED) is 0.487. The van der Waals surface area contributed by atoms with Crippen LogP contribution in [0.15, 0.2) is 36.9 Å². The molecule has 100 valence electrons. The molecule has 4 heteroatoms. The monoisotopic (exact) mass is 251 g/mol. The third-order valence-electron chi connectivity index (χ3n) is 2.25. The summed E-state index contributed by atoms with van der Waals surface area (Å²) in [6, 6.07) is 7.95. The molecule has 1 rings (SSSR count). The SMILES string of the molecule is C=CCOc1cccc(CNCCOCCO)c1. The summed E-state index contributed by atoms with van der Waals surface area (Å²) in [5, 5.41) is 11.8. The zero-order valence-corrected chi connectivity index (χ0v) is 10.6. The second-order valence-corrected chi connectivity index (χ2v) is 3.76. The third kappa shape index (κ3) is 6.39. The fourth-order valence-corrected chi connectivity index (χ4v) is 1.44. The van der Waals surface area contributed by atoms with Crippen LogP contribution in [0, 0.1) is 0 Å². The number of benzene rings is 1. The van der Waals surface area contributed by atoms with Crippen molar-refractivity contribution in [3.8, 4) is 5.75 Å². The molecular weight excluding hydrogens is 230 g/mol. The average molecular weight is 251 g/mol. The van der Waals surface area contributed by atoms with Crippen molar-refractivity contribution in [1.29, 1.82) is 0 Å². The molecule has 1 aromatic carbocycles. The summed E-state index contributed by atoms with van der Waals surface area (Å²) < 4.78 is 10.6. The number of aliphatic hydroxyl groups is 1. The summed E-state index contributed by atoms with van der Waals surface area (Å²) in [7, 11) is 0. The van der Waals surface area contributed by atoms with Gasteiger partial charge in [0.25, 0.3) is 0 Å². The van der Waals surface area contributed by atoms with E-state index in [1.807, 2.05) is 24.3 Å². The molecule has 4 nitrogen and oxygen atoms in total. The van der Waals surface area contributed by atoms with Crippen LogP contribution < -0.4 is 10.1 Å². The number of aliphatic hydroxyl groups excluding tert-OH is 1. The molecule has 0 saturated carbocycles. The average Bonchev–Trinajstić information content (AvgIpc) is 2.41. The van der Waals surface area contributed by atoms with E-state index in [1.165, 1.54) is 5.56 Å².